The van der Waals surface area contributed by atoms with E-state index in [0.29, 0.717) is 10.8 Å². The van der Waals surface area contributed by atoms with Crippen LogP contribution in [0.15, 0.2) is 24.3 Å². The van der Waals surface area contributed by atoms with Crippen LogP contribution in [0.3, 0.4) is 0 Å². The summed E-state index contributed by atoms with van der Waals surface area (Å²) in [6.45, 7) is 3.39. The summed E-state index contributed by atoms with van der Waals surface area (Å²) in [5.41, 5.74) is 6.55. The average Bonchev–Trinajstić information content (AvgIpc) is 3.20. The van der Waals surface area contributed by atoms with Gasteiger partial charge in [0, 0.05) is 24.3 Å². The minimum atomic E-state index is -0.228. The van der Waals surface area contributed by atoms with Gasteiger partial charge < -0.3 is 20.5 Å². The molecule has 148 valence electrons. The second-order valence-corrected chi connectivity index (χ2v) is 8.20. The number of amides is 1. The summed E-state index contributed by atoms with van der Waals surface area (Å²) >= 11 is 1.45. The van der Waals surface area contributed by atoms with E-state index in [2.05, 4.69) is 10.1 Å². The fraction of sp³-hybridized carbons (Fsp3) is 0.421. The van der Waals surface area contributed by atoms with Gasteiger partial charge in [-0.2, -0.15) is 4.52 Å². The van der Waals surface area contributed by atoms with Crippen molar-refractivity contribution in [3.63, 3.8) is 0 Å². The number of methoxy groups -OCH3 is 1. The maximum absolute atomic E-state index is 11.6. The van der Waals surface area contributed by atoms with Gasteiger partial charge in [-0.05, 0) is 19.1 Å². The maximum Gasteiger partial charge on any atom is 0.235 e. The van der Waals surface area contributed by atoms with E-state index in [4.69, 9.17) is 10.5 Å². The Kier molecular flexibility index (Phi) is 4.94. The minimum Gasteiger partial charge on any atom is -0.497 e. The van der Waals surface area contributed by atoms with Crippen LogP contribution in [-0.4, -0.2) is 45.8 Å². The van der Waals surface area contributed by atoms with Gasteiger partial charge in [-0.3, -0.25) is 4.79 Å². The summed E-state index contributed by atoms with van der Waals surface area (Å²) in [6.07, 6.45) is 1.48. The molecule has 4 N–H and O–H groups in total. The smallest absolute Gasteiger partial charge is 0.235 e. The third-order valence-corrected chi connectivity index (χ3v) is 6.52. The molecule has 1 aromatic carbocycles. The molecule has 4 rings (SSSR count). The number of nitrogens with zero attached hydrogens (tertiary/aromatic N) is 3. The van der Waals surface area contributed by atoms with Crippen molar-refractivity contribution in [3.8, 4) is 11.6 Å². The summed E-state index contributed by atoms with van der Waals surface area (Å²) in [4.78, 5) is 18.7. The molecule has 1 atom stereocenters. The number of hydrogen-bond donors (Lipinski definition) is 3. The number of thiazole rings is 1. The highest BCUT2D eigenvalue weighted by Crippen LogP contribution is 2.36. The Labute approximate surface area is 166 Å². The lowest BCUT2D eigenvalue weighted by Gasteiger charge is -2.33. The molecule has 28 heavy (non-hydrogen) atoms. The summed E-state index contributed by atoms with van der Waals surface area (Å²) in [5, 5.41) is 15.2. The normalized spacial score (nSPS) is 20.9. The number of ether oxygens (including phenoxy) is 1. The van der Waals surface area contributed by atoms with Crippen molar-refractivity contribution in [2.75, 3.05) is 20.2 Å². The van der Waals surface area contributed by atoms with Crippen molar-refractivity contribution in [1.29, 1.82) is 0 Å². The number of rotatable bonds is 5. The molecule has 3 heterocycles. The molecule has 0 aliphatic carbocycles. The molecule has 1 saturated heterocycles. The molecule has 1 aliphatic heterocycles. The van der Waals surface area contributed by atoms with Crippen molar-refractivity contribution in [2.24, 2.45) is 11.7 Å². The van der Waals surface area contributed by atoms with Crippen LogP contribution in [0.1, 0.15) is 35.1 Å². The monoisotopic (exact) mass is 402 g/mol. The van der Waals surface area contributed by atoms with Gasteiger partial charge in [0.1, 0.15) is 16.5 Å². The summed E-state index contributed by atoms with van der Waals surface area (Å²) in [7, 11) is 1.64. The predicted molar refractivity (Wildman–Crippen MR) is 105 cm³/mol. The number of carbonyl (C=O) groups excluding carboxylic acids is 1. The first kappa shape index (κ1) is 18.7. The number of benzene rings is 1. The molecule has 9 heteroatoms. The van der Waals surface area contributed by atoms with E-state index in [1.165, 1.54) is 20.8 Å². The highest BCUT2D eigenvalue weighted by Gasteiger charge is 2.36. The van der Waals surface area contributed by atoms with E-state index in [1.807, 2.05) is 24.3 Å². The van der Waals surface area contributed by atoms with E-state index >= 15 is 0 Å². The highest BCUT2D eigenvalue weighted by molar-refractivity contribution is 7.17. The number of hydrogen-bond acceptors (Lipinski definition) is 6. The van der Waals surface area contributed by atoms with Crippen molar-refractivity contribution >= 4 is 22.2 Å². The SMILES string of the molecule is COc1cccc([C@@H](c2sc3nc(C)nn3c2O)[NH+]2CCC(C(N)=O)CC2)c1. The van der Waals surface area contributed by atoms with Crippen LogP contribution in [0, 0.1) is 12.8 Å². The van der Waals surface area contributed by atoms with Crippen molar-refractivity contribution in [1.82, 2.24) is 14.6 Å². The van der Waals surface area contributed by atoms with Gasteiger partial charge in [-0.1, -0.05) is 23.5 Å². The van der Waals surface area contributed by atoms with E-state index in [-0.39, 0.29) is 23.7 Å². The van der Waals surface area contributed by atoms with Crippen molar-refractivity contribution < 1.29 is 19.5 Å². The van der Waals surface area contributed by atoms with Crippen LogP contribution in [0.5, 0.6) is 11.6 Å². The molecule has 1 amide bonds. The zero-order valence-corrected chi connectivity index (χ0v) is 16.7. The average molecular weight is 403 g/mol. The predicted octanol–water partition coefficient (Wildman–Crippen LogP) is 0.683. The van der Waals surface area contributed by atoms with Crippen LogP contribution >= 0.6 is 11.3 Å². The van der Waals surface area contributed by atoms with Crippen LogP contribution in [0.4, 0.5) is 0 Å². The lowest BCUT2D eigenvalue weighted by molar-refractivity contribution is -0.930. The molecule has 1 aliphatic rings. The van der Waals surface area contributed by atoms with Gasteiger partial charge in [-0.25, -0.2) is 4.98 Å². The first-order valence-electron chi connectivity index (χ1n) is 9.30. The molecule has 2 aromatic heterocycles. The van der Waals surface area contributed by atoms with Crippen LogP contribution in [-0.2, 0) is 4.79 Å². The third kappa shape index (κ3) is 3.31. The number of carbonyl (C=O) groups is 1. The Balaban J connectivity index is 1.75. The molecule has 0 bridgehead atoms. The number of aromatic hydroxyl groups is 1. The first-order valence-corrected chi connectivity index (χ1v) is 10.1. The molecule has 1 fully saturated rings. The van der Waals surface area contributed by atoms with Gasteiger partial charge in [0.2, 0.25) is 16.7 Å². The maximum atomic E-state index is 11.6. The summed E-state index contributed by atoms with van der Waals surface area (Å²) < 4.78 is 6.91. The zero-order valence-electron chi connectivity index (χ0n) is 15.9. The van der Waals surface area contributed by atoms with Crippen LogP contribution in [0.2, 0.25) is 0 Å². The molecule has 0 spiro atoms. The number of aromatic nitrogens is 3. The Morgan fingerprint density at radius 1 is 1.43 bits per heavy atom. The number of primary amides is 1. The van der Waals surface area contributed by atoms with Gasteiger partial charge >= 0.3 is 0 Å². The molecule has 8 nitrogen and oxygen atoms in total. The van der Waals surface area contributed by atoms with Crippen molar-refractivity contribution in [2.45, 2.75) is 25.8 Å². The Bertz CT molecular complexity index is 1010. The fourth-order valence-corrected chi connectivity index (χ4v) is 5.18. The Morgan fingerprint density at radius 2 is 2.18 bits per heavy atom. The second-order valence-electron chi connectivity index (χ2n) is 7.19. The zero-order chi connectivity index (χ0) is 19.8. The van der Waals surface area contributed by atoms with Gasteiger partial charge in [0.25, 0.3) is 0 Å². The number of fused-ring (bicyclic) bond motifs is 1. The third-order valence-electron chi connectivity index (χ3n) is 5.43. The number of piperidine rings is 1. The van der Waals surface area contributed by atoms with Crippen molar-refractivity contribution in [3.05, 3.63) is 40.5 Å². The first-order chi connectivity index (χ1) is 13.5. The summed E-state index contributed by atoms with van der Waals surface area (Å²) in [5.74, 6) is 1.21. The standard InChI is InChI=1S/C19H23N5O3S/c1-11-21-19-24(22-11)18(26)16(28-19)15(13-4-3-5-14(10-13)27-2)23-8-6-12(7-9-23)17(20)25/h3-5,10,12,15,26H,6-9H2,1-2H3,(H2,20,25)/p+1/t15-/m0/s1. The largest absolute Gasteiger partial charge is 0.497 e. The second kappa shape index (κ2) is 7.40. The number of nitrogens with one attached hydrogen (secondary N) is 1. The molecule has 3 aromatic rings. The van der Waals surface area contributed by atoms with Crippen LogP contribution in [0.25, 0.3) is 4.96 Å². The minimum absolute atomic E-state index is 0.0757. The molecule has 0 radical (unpaired) electrons. The summed E-state index contributed by atoms with van der Waals surface area (Å²) in [6, 6.07) is 7.80. The van der Waals surface area contributed by atoms with E-state index < -0.39 is 0 Å². The molecular weight excluding hydrogens is 378 g/mol. The van der Waals surface area contributed by atoms with E-state index in [0.717, 1.165) is 42.1 Å². The Hall–Kier alpha value is -2.65. The van der Waals surface area contributed by atoms with Gasteiger partial charge in [0.15, 0.2) is 6.04 Å². The van der Waals surface area contributed by atoms with Gasteiger partial charge in [0.05, 0.1) is 20.2 Å². The number of nitrogens with two attached hydrogens (primary N) is 1. The quantitative estimate of drug-likeness (QED) is 0.582. The van der Waals surface area contributed by atoms with Crippen LogP contribution < -0.4 is 15.4 Å². The lowest BCUT2D eigenvalue weighted by atomic mass is 9.93. The van der Waals surface area contributed by atoms with E-state index in [9.17, 15) is 9.90 Å². The topological polar surface area (TPSA) is 107 Å². The Morgan fingerprint density at radius 3 is 2.82 bits per heavy atom. The highest BCUT2D eigenvalue weighted by atomic mass is 32.1. The number of likely N-dealkylation sites (tertiary alicyclic amines) is 1. The van der Waals surface area contributed by atoms with Gasteiger partial charge in [-0.15, -0.1) is 5.10 Å². The lowest BCUT2D eigenvalue weighted by Crippen LogP contribution is -3.13. The number of aryl methyl sites for hydroxylation is 1. The molecular formula is C19H24N5O3S+. The molecule has 0 saturated carbocycles. The molecule has 0 unspecified atom stereocenters. The number of quaternary nitrogens is 1. The fourth-order valence-electron chi connectivity index (χ4n) is 3.99. The van der Waals surface area contributed by atoms with E-state index in [1.54, 1.807) is 14.0 Å².